The number of rotatable bonds is 7. The van der Waals surface area contributed by atoms with Crippen molar-refractivity contribution < 1.29 is 10.0 Å². The van der Waals surface area contributed by atoms with E-state index in [0.717, 1.165) is 11.9 Å². The van der Waals surface area contributed by atoms with Crippen molar-refractivity contribution in [2.45, 2.75) is 12.5 Å². The van der Waals surface area contributed by atoms with Crippen molar-refractivity contribution in [1.82, 2.24) is 4.98 Å². The van der Waals surface area contributed by atoms with Crippen LogP contribution in [0, 0.1) is 10.1 Å². The molecule has 0 spiro atoms. The van der Waals surface area contributed by atoms with Gasteiger partial charge in [-0.3, -0.25) is 10.1 Å². The molecule has 6 nitrogen and oxygen atoms in total. The Hall–Kier alpha value is -1.05. The number of nitrogens with zero attached hydrogens (tertiary/aromatic N) is 2. The smallest absolute Gasteiger partial charge is 0.289 e. The van der Waals surface area contributed by atoms with Crippen LogP contribution in [0.3, 0.4) is 0 Å². The average Bonchev–Trinajstić information content (AvgIpc) is 2.32. The molecule has 0 radical (unpaired) electrons. The summed E-state index contributed by atoms with van der Waals surface area (Å²) in [6.45, 7) is 0.0584. The molecule has 1 heterocycles. The molecule has 0 fully saturated rings. The fraction of sp³-hybridized carbons (Fsp3) is 0.500. The van der Waals surface area contributed by atoms with Gasteiger partial charge in [0, 0.05) is 24.5 Å². The number of hydrogen-bond acceptors (Lipinski definition) is 6. The maximum Gasteiger partial charge on any atom is 0.289 e. The number of aliphatic hydroxyl groups is 1. The standard InChI is InChI=1S/C10H14ClN3O3S/c1-18-6-7(2-3-15)13-10-9(11)4-8(5-12-10)14(16)17/h4-5,7,15H,2-3,6H2,1H3,(H,12,13)/t7-/m1/s1. The Labute approximate surface area is 114 Å². The SMILES string of the molecule is CSC[C@@H](CCO)Nc1ncc([N+](=O)[O-])cc1Cl. The second-order valence-electron chi connectivity index (χ2n) is 3.59. The van der Waals surface area contributed by atoms with Gasteiger partial charge in [-0.15, -0.1) is 0 Å². The molecule has 1 rings (SSSR count). The molecule has 0 aliphatic carbocycles. The second kappa shape index (κ2) is 7.40. The molecule has 1 atom stereocenters. The molecule has 0 bridgehead atoms. The highest BCUT2D eigenvalue weighted by atomic mass is 35.5. The number of aromatic nitrogens is 1. The number of nitrogens with one attached hydrogen (secondary N) is 1. The normalized spacial score (nSPS) is 12.2. The molecule has 0 unspecified atom stereocenters. The third-order valence-electron chi connectivity index (χ3n) is 2.22. The summed E-state index contributed by atoms with van der Waals surface area (Å²) in [4.78, 5) is 13.9. The first-order valence-electron chi connectivity index (χ1n) is 5.24. The minimum absolute atomic E-state index is 0.0245. The highest BCUT2D eigenvalue weighted by Gasteiger charge is 2.14. The van der Waals surface area contributed by atoms with Crippen molar-refractivity contribution in [2.75, 3.05) is 23.9 Å². The molecule has 0 saturated carbocycles. The Morgan fingerprint density at radius 1 is 1.72 bits per heavy atom. The average molecular weight is 292 g/mol. The predicted molar refractivity (Wildman–Crippen MR) is 73.4 cm³/mol. The lowest BCUT2D eigenvalue weighted by atomic mass is 10.2. The first kappa shape index (κ1) is 15.0. The number of thioether (sulfide) groups is 1. The van der Waals surface area contributed by atoms with Crippen LogP contribution in [0.1, 0.15) is 6.42 Å². The van der Waals surface area contributed by atoms with E-state index in [-0.39, 0.29) is 23.4 Å². The monoisotopic (exact) mass is 291 g/mol. The lowest BCUT2D eigenvalue weighted by Gasteiger charge is -2.17. The lowest BCUT2D eigenvalue weighted by Crippen LogP contribution is -2.24. The van der Waals surface area contributed by atoms with E-state index >= 15 is 0 Å². The molecule has 8 heteroatoms. The van der Waals surface area contributed by atoms with E-state index < -0.39 is 4.92 Å². The summed E-state index contributed by atoms with van der Waals surface area (Å²) in [7, 11) is 0. The van der Waals surface area contributed by atoms with Crippen molar-refractivity contribution in [3.05, 3.63) is 27.4 Å². The van der Waals surface area contributed by atoms with E-state index in [9.17, 15) is 10.1 Å². The maximum absolute atomic E-state index is 10.5. The van der Waals surface area contributed by atoms with Gasteiger partial charge in [0.05, 0.1) is 9.95 Å². The molecular formula is C10H14ClN3O3S. The van der Waals surface area contributed by atoms with E-state index in [4.69, 9.17) is 16.7 Å². The summed E-state index contributed by atoms with van der Waals surface area (Å²) in [5.74, 6) is 1.19. The van der Waals surface area contributed by atoms with Gasteiger partial charge in [-0.05, 0) is 12.7 Å². The minimum Gasteiger partial charge on any atom is -0.396 e. The molecule has 2 N–H and O–H groups in total. The first-order chi connectivity index (χ1) is 8.58. The number of halogens is 1. The van der Waals surface area contributed by atoms with Crippen molar-refractivity contribution in [3.63, 3.8) is 0 Å². The molecular weight excluding hydrogens is 278 g/mol. The van der Waals surface area contributed by atoms with Crippen LogP contribution < -0.4 is 5.32 Å². The van der Waals surface area contributed by atoms with Crippen molar-refractivity contribution in [3.8, 4) is 0 Å². The zero-order valence-corrected chi connectivity index (χ0v) is 11.4. The topological polar surface area (TPSA) is 88.3 Å². The fourth-order valence-corrected chi connectivity index (χ4v) is 2.25. The van der Waals surface area contributed by atoms with Gasteiger partial charge < -0.3 is 10.4 Å². The van der Waals surface area contributed by atoms with Crippen molar-refractivity contribution in [1.29, 1.82) is 0 Å². The molecule has 0 aliphatic rings. The molecule has 0 aromatic carbocycles. The van der Waals surface area contributed by atoms with E-state index in [1.165, 1.54) is 6.07 Å². The van der Waals surface area contributed by atoms with Crippen LogP contribution in [0.15, 0.2) is 12.3 Å². The number of aliphatic hydroxyl groups excluding tert-OH is 1. The summed E-state index contributed by atoms with van der Waals surface area (Å²) < 4.78 is 0. The lowest BCUT2D eigenvalue weighted by molar-refractivity contribution is -0.385. The fourth-order valence-electron chi connectivity index (χ4n) is 1.38. The van der Waals surface area contributed by atoms with Crippen molar-refractivity contribution in [2.24, 2.45) is 0 Å². The Balaban J connectivity index is 2.79. The Morgan fingerprint density at radius 2 is 2.44 bits per heavy atom. The Morgan fingerprint density at radius 3 is 2.94 bits per heavy atom. The highest BCUT2D eigenvalue weighted by molar-refractivity contribution is 7.98. The largest absolute Gasteiger partial charge is 0.396 e. The third-order valence-corrected chi connectivity index (χ3v) is 3.25. The Bertz CT molecular complexity index is 413. The number of nitro groups is 1. The number of anilines is 1. The quantitative estimate of drug-likeness (QED) is 0.591. The van der Waals surface area contributed by atoms with Gasteiger partial charge in [0.2, 0.25) is 0 Å². The van der Waals surface area contributed by atoms with E-state index in [1.807, 2.05) is 6.26 Å². The van der Waals surface area contributed by atoms with Gasteiger partial charge in [-0.2, -0.15) is 11.8 Å². The maximum atomic E-state index is 10.5. The minimum atomic E-state index is -0.546. The molecule has 0 aliphatic heterocycles. The molecule has 100 valence electrons. The summed E-state index contributed by atoms with van der Waals surface area (Å²) >= 11 is 7.55. The van der Waals surface area contributed by atoms with E-state index in [2.05, 4.69) is 10.3 Å². The zero-order chi connectivity index (χ0) is 13.5. The van der Waals surface area contributed by atoms with Gasteiger partial charge in [0.25, 0.3) is 5.69 Å². The summed E-state index contributed by atoms with van der Waals surface area (Å²) in [5, 5.41) is 22.7. The molecule has 18 heavy (non-hydrogen) atoms. The van der Waals surface area contributed by atoms with Gasteiger partial charge >= 0.3 is 0 Å². The third kappa shape index (κ3) is 4.32. The van der Waals surface area contributed by atoms with Crippen LogP contribution in [0.5, 0.6) is 0 Å². The Kier molecular flexibility index (Phi) is 6.17. The van der Waals surface area contributed by atoms with Crippen LogP contribution in [-0.4, -0.2) is 39.7 Å². The molecule has 0 saturated heterocycles. The van der Waals surface area contributed by atoms with Crippen LogP contribution in [0.4, 0.5) is 11.5 Å². The van der Waals surface area contributed by atoms with Crippen LogP contribution in [-0.2, 0) is 0 Å². The van der Waals surface area contributed by atoms with Gasteiger partial charge in [-0.25, -0.2) is 4.98 Å². The van der Waals surface area contributed by atoms with Gasteiger partial charge in [0.15, 0.2) is 0 Å². The van der Waals surface area contributed by atoms with Crippen LogP contribution >= 0.6 is 23.4 Å². The molecule has 0 amide bonds. The van der Waals surface area contributed by atoms with Gasteiger partial charge in [-0.1, -0.05) is 11.6 Å². The number of pyridine rings is 1. The van der Waals surface area contributed by atoms with E-state index in [1.54, 1.807) is 11.8 Å². The van der Waals surface area contributed by atoms with Crippen LogP contribution in [0.2, 0.25) is 5.02 Å². The molecule has 1 aromatic heterocycles. The highest BCUT2D eigenvalue weighted by Crippen LogP contribution is 2.25. The van der Waals surface area contributed by atoms with E-state index in [0.29, 0.717) is 12.2 Å². The van der Waals surface area contributed by atoms with Crippen molar-refractivity contribution >= 4 is 34.9 Å². The van der Waals surface area contributed by atoms with Crippen LogP contribution in [0.25, 0.3) is 0 Å². The summed E-state index contributed by atoms with van der Waals surface area (Å²) in [6.07, 6.45) is 3.68. The predicted octanol–water partition coefficient (Wildman–Crippen LogP) is 2.17. The summed E-state index contributed by atoms with van der Waals surface area (Å²) in [6, 6.07) is 1.28. The number of hydrogen-bond donors (Lipinski definition) is 2. The molecule has 1 aromatic rings. The first-order valence-corrected chi connectivity index (χ1v) is 7.02. The van der Waals surface area contributed by atoms with Gasteiger partial charge in [0.1, 0.15) is 12.0 Å². The zero-order valence-electron chi connectivity index (χ0n) is 9.80. The summed E-state index contributed by atoms with van der Waals surface area (Å²) in [5.41, 5.74) is -0.144. The second-order valence-corrected chi connectivity index (χ2v) is 4.91.